The molecule has 0 unspecified atom stereocenters. The summed E-state index contributed by atoms with van der Waals surface area (Å²) in [6.07, 6.45) is 4.86. The molecule has 0 aliphatic rings. The van der Waals surface area contributed by atoms with Crippen LogP contribution in [0.15, 0.2) is 30.6 Å². The van der Waals surface area contributed by atoms with Crippen molar-refractivity contribution < 1.29 is 4.74 Å². The first-order valence-corrected chi connectivity index (χ1v) is 6.58. The Balaban J connectivity index is 1.86. The van der Waals surface area contributed by atoms with Gasteiger partial charge in [0, 0.05) is 30.4 Å². The van der Waals surface area contributed by atoms with Gasteiger partial charge in [0.2, 0.25) is 0 Å². The highest BCUT2D eigenvalue weighted by Crippen LogP contribution is 2.25. The molecule has 0 radical (unpaired) electrons. The van der Waals surface area contributed by atoms with Gasteiger partial charge in [-0.2, -0.15) is 5.10 Å². The molecule has 102 valence electrons. The van der Waals surface area contributed by atoms with E-state index in [4.69, 9.17) is 16.3 Å². The van der Waals surface area contributed by atoms with E-state index < -0.39 is 0 Å². The minimum absolute atomic E-state index is 0.698. The van der Waals surface area contributed by atoms with Crippen LogP contribution in [0, 0.1) is 0 Å². The third-order valence-corrected chi connectivity index (χ3v) is 3.30. The van der Waals surface area contributed by atoms with Crippen molar-refractivity contribution in [2.24, 2.45) is 7.05 Å². The van der Waals surface area contributed by atoms with Crippen LogP contribution in [0.1, 0.15) is 11.1 Å². The molecule has 1 heterocycles. The van der Waals surface area contributed by atoms with Crippen LogP contribution >= 0.6 is 11.6 Å². The van der Waals surface area contributed by atoms with Gasteiger partial charge in [-0.1, -0.05) is 17.7 Å². The summed E-state index contributed by atoms with van der Waals surface area (Å²) in [7, 11) is 3.58. The molecule has 0 aliphatic heterocycles. The number of hydrogen-bond acceptors (Lipinski definition) is 3. The van der Waals surface area contributed by atoms with Gasteiger partial charge in [-0.3, -0.25) is 4.68 Å². The number of ether oxygens (including phenoxy) is 1. The van der Waals surface area contributed by atoms with Crippen LogP contribution in [0.3, 0.4) is 0 Å². The van der Waals surface area contributed by atoms with Gasteiger partial charge in [0.25, 0.3) is 0 Å². The van der Waals surface area contributed by atoms with E-state index in [1.807, 2.05) is 42.3 Å². The Morgan fingerprint density at radius 1 is 1.42 bits per heavy atom. The molecule has 0 amide bonds. The van der Waals surface area contributed by atoms with Gasteiger partial charge in [-0.25, -0.2) is 0 Å². The van der Waals surface area contributed by atoms with Gasteiger partial charge < -0.3 is 10.1 Å². The Morgan fingerprint density at radius 3 is 2.95 bits per heavy atom. The van der Waals surface area contributed by atoms with E-state index in [-0.39, 0.29) is 0 Å². The number of nitrogens with zero attached hydrogens (tertiary/aromatic N) is 2. The molecule has 19 heavy (non-hydrogen) atoms. The van der Waals surface area contributed by atoms with Crippen molar-refractivity contribution in [1.29, 1.82) is 0 Å². The molecule has 2 rings (SSSR count). The zero-order valence-electron chi connectivity index (χ0n) is 11.2. The number of methoxy groups -OCH3 is 1. The molecule has 1 aromatic heterocycles. The van der Waals surface area contributed by atoms with Crippen molar-refractivity contribution in [3.8, 4) is 5.75 Å². The minimum atomic E-state index is 0.698. The molecule has 0 spiro atoms. The van der Waals surface area contributed by atoms with Crippen molar-refractivity contribution in [2.45, 2.75) is 13.0 Å². The molecule has 0 saturated carbocycles. The molecule has 0 saturated heterocycles. The fraction of sp³-hybridized carbons (Fsp3) is 0.357. The highest BCUT2D eigenvalue weighted by Gasteiger charge is 2.06. The monoisotopic (exact) mass is 279 g/mol. The van der Waals surface area contributed by atoms with Crippen molar-refractivity contribution >= 4 is 11.6 Å². The topological polar surface area (TPSA) is 39.1 Å². The average Bonchev–Trinajstić information content (AvgIpc) is 2.81. The highest BCUT2D eigenvalue weighted by atomic mass is 35.5. The first kappa shape index (κ1) is 13.9. The van der Waals surface area contributed by atoms with E-state index in [0.717, 1.165) is 29.3 Å². The molecular weight excluding hydrogens is 262 g/mol. The second-order valence-electron chi connectivity index (χ2n) is 4.37. The molecule has 5 heteroatoms. The first-order valence-electron chi connectivity index (χ1n) is 6.20. The number of aryl methyl sites for hydroxylation is 1. The third kappa shape index (κ3) is 3.72. The molecule has 0 fully saturated rings. The predicted molar refractivity (Wildman–Crippen MR) is 76.6 cm³/mol. The van der Waals surface area contributed by atoms with E-state index in [0.29, 0.717) is 6.54 Å². The lowest BCUT2D eigenvalue weighted by atomic mass is 10.2. The van der Waals surface area contributed by atoms with Gasteiger partial charge in [0.15, 0.2) is 0 Å². The maximum Gasteiger partial charge on any atom is 0.124 e. The van der Waals surface area contributed by atoms with Crippen LogP contribution in [0.2, 0.25) is 5.02 Å². The van der Waals surface area contributed by atoms with Gasteiger partial charge in [0.05, 0.1) is 13.3 Å². The van der Waals surface area contributed by atoms with E-state index >= 15 is 0 Å². The van der Waals surface area contributed by atoms with Crippen LogP contribution in [0.25, 0.3) is 0 Å². The summed E-state index contributed by atoms with van der Waals surface area (Å²) in [4.78, 5) is 0. The lowest BCUT2D eigenvalue weighted by Crippen LogP contribution is -2.17. The standard InChI is InChI=1S/C14H18ClN3O/c1-18-10-11(8-17-18)6-7-16-9-12-13(15)4-3-5-14(12)19-2/h3-5,8,10,16H,6-7,9H2,1-2H3. The zero-order valence-corrected chi connectivity index (χ0v) is 11.9. The summed E-state index contributed by atoms with van der Waals surface area (Å²) < 4.78 is 7.12. The first-order chi connectivity index (χ1) is 9.20. The quantitative estimate of drug-likeness (QED) is 0.826. The number of halogens is 1. The summed E-state index contributed by atoms with van der Waals surface area (Å²) >= 11 is 6.17. The molecule has 4 nitrogen and oxygen atoms in total. The maximum absolute atomic E-state index is 6.17. The normalized spacial score (nSPS) is 10.7. The number of aromatic nitrogens is 2. The Morgan fingerprint density at radius 2 is 2.26 bits per heavy atom. The fourth-order valence-electron chi connectivity index (χ4n) is 1.95. The average molecular weight is 280 g/mol. The van der Waals surface area contributed by atoms with Gasteiger partial charge in [-0.15, -0.1) is 0 Å². The van der Waals surface area contributed by atoms with Crippen LogP contribution < -0.4 is 10.1 Å². The van der Waals surface area contributed by atoms with E-state index in [1.165, 1.54) is 5.56 Å². The minimum Gasteiger partial charge on any atom is -0.496 e. The number of benzene rings is 1. The molecular formula is C14H18ClN3O. The predicted octanol–water partition coefficient (Wildman–Crippen LogP) is 2.41. The second-order valence-corrected chi connectivity index (χ2v) is 4.78. The summed E-state index contributed by atoms with van der Waals surface area (Å²) in [5.41, 5.74) is 2.22. The van der Waals surface area contributed by atoms with Crippen LogP contribution in [-0.2, 0) is 20.0 Å². The van der Waals surface area contributed by atoms with E-state index in [9.17, 15) is 0 Å². The molecule has 2 aromatic rings. The lowest BCUT2D eigenvalue weighted by Gasteiger charge is -2.11. The Bertz CT molecular complexity index is 539. The van der Waals surface area contributed by atoms with Crippen LogP contribution in [0.4, 0.5) is 0 Å². The molecule has 1 aromatic carbocycles. The van der Waals surface area contributed by atoms with Crippen LogP contribution in [-0.4, -0.2) is 23.4 Å². The SMILES string of the molecule is COc1cccc(Cl)c1CNCCc1cnn(C)c1. The summed E-state index contributed by atoms with van der Waals surface area (Å²) in [5, 5.41) is 8.25. The van der Waals surface area contributed by atoms with Crippen molar-refractivity contribution in [1.82, 2.24) is 15.1 Å². The second kappa shape index (κ2) is 6.59. The van der Waals surface area contributed by atoms with Gasteiger partial charge in [0.1, 0.15) is 5.75 Å². The molecule has 0 bridgehead atoms. The Hall–Kier alpha value is -1.52. The Kier molecular flexibility index (Phi) is 4.82. The van der Waals surface area contributed by atoms with Gasteiger partial charge in [-0.05, 0) is 30.7 Å². The summed E-state index contributed by atoms with van der Waals surface area (Å²) in [6.45, 7) is 1.57. The Labute approximate surface area is 118 Å². The maximum atomic E-state index is 6.17. The number of hydrogen-bond donors (Lipinski definition) is 1. The largest absolute Gasteiger partial charge is 0.496 e. The summed E-state index contributed by atoms with van der Waals surface area (Å²) in [5.74, 6) is 0.821. The van der Waals surface area contributed by atoms with E-state index in [2.05, 4.69) is 10.4 Å². The molecule has 1 N–H and O–H groups in total. The molecule has 0 atom stereocenters. The fourth-order valence-corrected chi connectivity index (χ4v) is 2.18. The van der Waals surface area contributed by atoms with Crippen molar-refractivity contribution in [2.75, 3.05) is 13.7 Å². The smallest absolute Gasteiger partial charge is 0.124 e. The van der Waals surface area contributed by atoms with E-state index in [1.54, 1.807) is 7.11 Å². The van der Waals surface area contributed by atoms with Gasteiger partial charge >= 0.3 is 0 Å². The number of rotatable bonds is 6. The lowest BCUT2D eigenvalue weighted by molar-refractivity contribution is 0.408. The summed E-state index contributed by atoms with van der Waals surface area (Å²) in [6, 6.07) is 5.69. The molecule has 0 aliphatic carbocycles. The van der Waals surface area contributed by atoms with Crippen LogP contribution in [0.5, 0.6) is 5.75 Å². The zero-order chi connectivity index (χ0) is 13.7. The third-order valence-electron chi connectivity index (χ3n) is 2.95. The van der Waals surface area contributed by atoms with Crippen molar-refractivity contribution in [3.63, 3.8) is 0 Å². The highest BCUT2D eigenvalue weighted by molar-refractivity contribution is 6.31. The van der Waals surface area contributed by atoms with Crippen molar-refractivity contribution in [3.05, 3.63) is 46.7 Å². The number of nitrogens with one attached hydrogen (secondary N) is 1.